The number of carboxylic acid groups (broad SMARTS) is 1. The number of unbranched alkanes of at least 4 members (excludes halogenated alkanes) is 2. The van der Waals surface area contributed by atoms with Crippen LogP contribution in [-0.2, 0) is 4.79 Å². The maximum Gasteiger partial charge on any atom is 0.343 e. The predicted octanol–water partition coefficient (Wildman–Crippen LogP) is 4.58. The molecule has 0 bridgehead atoms. The van der Waals surface area contributed by atoms with Gasteiger partial charge in [0.15, 0.2) is 11.5 Å². The Bertz CT molecular complexity index is 823. The van der Waals surface area contributed by atoms with E-state index in [9.17, 15) is 9.59 Å². The van der Waals surface area contributed by atoms with E-state index in [2.05, 4.69) is 6.92 Å². The number of carbonyl (C=O) groups is 2. The molecule has 148 valence electrons. The van der Waals surface area contributed by atoms with Crippen molar-refractivity contribution in [2.45, 2.75) is 26.2 Å². The van der Waals surface area contributed by atoms with E-state index >= 15 is 0 Å². The average molecular weight is 384 g/mol. The van der Waals surface area contributed by atoms with Gasteiger partial charge in [0.05, 0.1) is 19.3 Å². The fourth-order valence-corrected chi connectivity index (χ4v) is 2.43. The molecule has 2 aromatic rings. The minimum Gasteiger partial charge on any atom is -0.493 e. The molecule has 28 heavy (non-hydrogen) atoms. The molecule has 0 aromatic heterocycles. The first-order valence-corrected chi connectivity index (χ1v) is 9.07. The normalized spacial score (nSPS) is 10.6. The second-order valence-electron chi connectivity index (χ2n) is 6.05. The third kappa shape index (κ3) is 6.46. The quantitative estimate of drug-likeness (QED) is 0.279. The zero-order valence-electron chi connectivity index (χ0n) is 16.0. The SMILES string of the molecule is CCCCCOc1ccc(C(=O)Oc2ccc(C=CC(=O)O)cc2)cc1OC. The van der Waals surface area contributed by atoms with Crippen LogP contribution < -0.4 is 14.2 Å². The molecule has 6 nitrogen and oxygen atoms in total. The van der Waals surface area contributed by atoms with Crippen molar-refractivity contribution in [2.24, 2.45) is 0 Å². The Kier molecular flexibility index (Phi) is 8.09. The van der Waals surface area contributed by atoms with Crippen LogP contribution in [0.15, 0.2) is 48.5 Å². The van der Waals surface area contributed by atoms with Gasteiger partial charge in [-0.05, 0) is 48.4 Å². The fourth-order valence-electron chi connectivity index (χ4n) is 2.43. The number of hydrogen-bond acceptors (Lipinski definition) is 5. The summed E-state index contributed by atoms with van der Waals surface area (Å²) in [5, 5.41) is 8.63. The molecule has 0 saturated heterocycles. The molecule has 0 aliphatic rings. The van der Waals surface area contributed by atoms with Gasteiger partial charge in [0.1, 0.15) is 5.75 Å². The van der Waals surface area contributed by atoms with Gasteiger partial charge in [-0.1, -0.05) is 31.9 Å². The molecule has 0 radical (unpaired) electrons. The van der Waals surface area contributed by atoms with Gasteiger partial charge >= 0.3 is 11.9 Å². The molecule has 0 heterocycles. The molecule has 2 rings (SSSR count). The van der Waals surface area contributed by atoms with Crippen LogP contribution in [0.4, 0.5) is 0 Å². The molecule has 0 atom stereocenters. The van der Waals surface area contributed by atoms with E-state index in [1.165, 1.54) is 13.2 Å². The van der Waals surface area contributed by atoms with Crippen molar-refractivity contribution in [2.75, 3.05) is 13.7 Å². The van der Waals surface area contributed by atoms with Gasteiger partial charge in [0.2, 0.25) is 0 Å². The maximum absolute atomic E-state index is 12.4. The zero-order chi connectivity index (χ0) is 20.4. The van der Waals surface area contributed by atoms with Crippen LogP contribution >= 0.6 is 0 Å². The van der Waals surface area contributed by atoms with E-state index in [1.807, 2.05) is 0 Å². The Labute approximate surface area is 164 Å². The second-order valence-corrected chi connectivity index (χ2v) is 6.05. The molecular weight excluding hydrogens is 360 g/mol. The maximum atomic E-state index is 12.4. The van der Waals surface area contributed by atoms with Gasteiger partial charge < -0.3 is 19.3 Å². The number of carbonyl (C=O) groups excluding carboxylic acids is 1. The number of rotatable bonds is 10. The lowest BCUT2D eigenvalue weighted by Gasteiger charge is -2.12. The van der Waals surface area contributed by atoms with E-state index in [4.69, 9.17) is 19.3 Å². The summed E-state index contributed by atoms with van der Waals surface area (Å²) in [5.41, 5.74) is 1.03. The average Bonchev–Trinajstić information content (AvgIpc) is 2.70. The Morgan fingerprint density at radius 2 is 1.79 bits per heavy atom. The monoisotopic (exact) mass is 384 g/mol. The van der Waals surface area contributed by atoms with Crippen LogP contribution in [-0.4, -0.2) is 30.8 Å². The molecule has 2 aromatic carbocycles. The van der Waals surface area contributed by atoms with Crippen LogP contribution in [0.5, 0.6) is 17.2 Å². The highest BCUT2D eigenvalue weighted by molar-refractivity contribution is 5.92. The third-order valence-electron chi connectivity index (χ3n) is 3.91. The van der Waals surface area contributed by atoms with Gasteiger partial charge in [-0.15, -0.1) is 0 Å². The zero-order valence-corrected chi connectivity index (χ0v) is 16.0. The summed E-state index contributed by atoms with van der Waals surface area (Å²) in [5.74, 6) is -0.131. The molecular formula is C22H24O6. The van der Waals surface area contributed by atoms with Crippen molar-refractivity contribution in [3.05, 3.63) is 59.7 Å². The number of hydrogen-bond donors (Lipinski definition) is 1. The summed E-state index contributed by atoms with van der Waals surface area (Å²) >= 11 is 0. The predicted molar refractivity (Wildman–Crippen MR) is 106 cm³/mol. The lowest BCUT2D eigenvalue weighted by molar-refractivity contribution is -0.131. The van der Waals surface area contributed by atoms with Gasteiger partial charge in [-0.25, -0.2) is 9.59 Å². The molecule has 0 amide bonds. The van der Waals surface area contributed by atoms with Crippen LogP contribution in [0.25, 0.3) is 6.08 Å². The third-order valence-corrected chi connectivity index (χ3v) is 3.91. The number of methoxy groups -OCH3 is 1. The lowest BCUT2D eigenvalue weighted by Crippen LogP contribution is -2.09. The topological polar surface area (TPSA) is 82.1 Å². The van der Waals surface area contributed by atoms with Crippen molar-refractivity contribution in [1.29, 1.82) is 0 Å². The van der Waals surface area contributed by atoms with Crippen molar-refractivity contribution < 1.29 is 28.9 Å². The highest BCUT2D eigenvalue weighted by Crippen LogP contribution is 2.29. The molecule has 6 heteroatoms. The van der Waals surface area contributed by atoms with Crippen LogP contribution in [0.3, 0.4) is 0 Å². The van der Waals surface area contributed by atoms with Crippen molar-refractivity contribution in [1.82, 2.24) is 0 Å². The largest absolute Gasteiger partial charge is 0.493 e. The molecule has 0 aliphatic carbocycles. The Morgan fingerprint density at radius 3 is 2.43 bits per heavy atom. The number of carboxylic acids is 1. The molecule has 0 saturated carbocycles. The van der Waals surface area contributed by atoms with E-state index < -0.39 is 11.9 Å². The van der Waals surface area contributed by atoms with Crippen LogP contribution in [0.1, 0.15) is 42.1 Å². The molecule has 0 unspecified atom stereocenters. The van der Waals surface area contributed by atoms with E-state index in [1.54, 1.807) is 42.5 Å². The van der Waals surface area contributed by atoms with E-state index in [-0.39, 0.29) is 0 Å². The smallest absolute Gasteiger partial charge is 0.343 e. The van der Waals surface area contributed by atoms with E-state index in [0.29, 0.717) is 35.0 Å². The fraction of sp³-hybridized carbons (Fsp3) is 0.273. The number of ether oxygens (including phenoxy) is 3. The summed E-state index contributed by atoms with van der Waals surface area (Å²) in [7, 11) is 1.52. The van der Waals surface area contributed by atoms with Gasteiger partial charge in [-0.3, -0.25) is 0 Å². The highest BCUT2D eigenvalue weighted by Gasteiger charge is 2.13. The molecule has 0 spiro atoms. The number of aliphatic carboxylic acids is 1. The standard InChI is InChI=1S/C22H24O6/c1-3-4-5-14-27-19-12-9-17(15-20(19)26-2)22(25)28-18-10-6-16(7-11-18)8-13-21(23)24/h6-13,15H,3-5,14H2,1-2H3,(H,23,24). The number of esters is 1. The molecule has 0 aliphatic heterocycles. The Balaban J connectivity index is 2.02. The summed E-state index contributed by atoms with van der Waals surface area (Å²) < 4.78 is 16.4. The first kappa shape index (κ1) is 21.0. The summed E-state index contributed by atoms with van der Waals surface area (Å²) in [4.78, 5) is 22.9. The molecule has 1 N–H and O–H groups in total. The summed E-state index contributed by atoms with van der Waals surface area (Å²) in [6.45, 7) is 2.72. The van der Waals surface area contributed by atoms with Gasteiger partial charge in [0, 0.05) is 6.08 Å². The Morgan fingerprint density at radius 1 is 1.04 bits per heavy atom. The second kappa shape index (κ2) is 10.8. The Hall–Kier alpha value is -3.28. The lowest BCUT2D eigenvalue weighted by atomic mass is 10.2. The van der Waals surface area contributed by atoms with Crippen molar-refractivity contribution in [3.63, 3.8) is 0 Å². The van der Waals surface area contributed by atoms with Crippen LogP contribution in [0, 0.1) is 0 Å². The minimum atomic E-state index is -1.03. The summed E-state index contributed by atoms with van der Waals surface area (Å²) in [6.07, 6.45) is 5.66. The van der Waals surface area contributed by atoms with Gasteiger partial charge in [-0.2, -0.15) is 0 Å². The first-order chi connectivity index (χ1) is 13.5. The van der Waals surface area contributed by atoms with Gasteiger partial charge in [0.25, 0.3) is 0 Å². The minimum absolute atomic E-state index is 0.340. The van der Waals surface area contributed by atoms with Crippen molar-refractivity contribution in [3.8, 4) is 17.2 Å². The molecule has 0 fully saturated rings. The first-order valence-electron chi connectivity index (χ1n) is 9.07. The summed E-state index contributed by atoms with van der Waals surface area (Å²) in [6, 6.07) is 11.4. The number of benzene rings is 2. The van der Waals surface area contributed by atoms with Crippen LogP contribution in [0.2, 0.25) is 0 Å². The van der Waals surface area contributed by atoms with Crippen molar-refractivity contribution >= 4 is 18.0 Å². The van der Waals surface area contributed by atoms with E-state index in [0.717, 1.165) is 25.3 Å². The highest BCUT2D eigenvalue weighted by atomic mass is 16.5.